The highest BCUT2D eigenvalue weighted by Gasteiger charge is 2.24. The minimum Gasteiger partial charge on any atom is -0.454 e. The molecule has 0 aliphatic rings. The number of rotatable bonds is 11. The molecule has 0 spiro atoms. The molecule has 1 atom stereocenters. The number of anilines is 1. The molecule has 0 saturated carbocycles. The van der Waals surface area contributed by atoms with Crippen LogP contribution in [0.5, 0.6) is 5.75 Å². The van der Waals surface area contributed by atoms with Crippen LogP contribution in [0.3, 0.4) is 0 Å². The third-order valence-electron chi connectivity index (χ3n) is 4.04. The van der Waals surface area contributed by atoms with Crippen molar-refractivity contribution < 1.29 is 32.6 Å². The molecule has 2 aromatic carbocycles. The third-order valence-corrected chi connectivity index (χ3v) is 5.02. The molecule has 7 nitrogen and oxygen atoms in total. The van der Waals surface area contributed by atoms with E-state index in [0.29, 0.717) is 5.75 Å². The first kappa shape index (κ1) is 25.4. The third kappa shape index (κ3) is 8.01. The van der Waals surface area contributed by atoms with Gasteiger partial charge >= 0.3 is 12.6 Å². The number of ether oxygens (including phenoxy) is 2. The monoisotopic (exact) mass is 486 g/mol. The van der Waals surface area contributed by atoms with Crippen molar-refractivity contribution in [1.82, 2.24) is 5.32 Å². The smallest absolute Gasteiger partial charge is 0.387 e. The number of amides is 2. The zero-order chi connectivity index (χ0) is 23.5. The van der Waals surface area contributed by atoms with Crippen LogP contribution in [0.2, 0.25) is 5.02 Å². The quantitative estimate of drug-likeness (QED) is 0.467. The normalized spacial score (nSPS) is 11.5. The van der Waals surface area contributed by atoms with Crippen molar-refractivity contribution in [3.63, 3.8) is 0 Å². The topological polar surface area (TPSA) is 93.7 Å². The number of hydrogen-bond acceptors (Lipinski definition) is 6. The van der Waals surface area contributed by atoms with Gasteiger partial charge in [0.25, 0.3) is 11.8 Å². The second-order valence-electron chi connectivity index (χ2n) is 6.32. The number of carbonyl (C=O) groups is 3. The highest BCUT2D eigenvalue weighted by atomic mass is 35.5. The molecule has 2 N–H and O–H groups in total. The predicted molar refractivity (Wildman–Crippen MR) is 118 cm³/mol. The number of halogens is 3. The number of carbonyl (C=O) groups excluding carboxylic acids is 3. The summed E-state index contributed by atoms with van der Waals surface area (Å²) < 4.78 is 34.3. The van der Waals surface area contributed by atoms with Crippen LogP contribution in [0.15, 0.2) is 48.5 Å². The van der Waals surface area contributed by atoms with Gasteiger partial charge in [0.2, 0.25) is 0 Å². The molecule has 0 aliphatic heterocycles. The number of thioether (sulfide) groups is 1. The second-order valence-corrected chi connectivity index (χ2v) is 7.71. The van der Waals surface area contributed by atoms with Crippen molar-refractivity contribution in [2.45, 2.75) is 19.1 Å². The second kappa shape index (κ2) is 12.9. The van der Waals surface area contributed by atoms with E-state index in [4.69, 9.17) is 16.3 Å². The van der Waals surface area contributed by atoms with Gasteiger partial charge in [-0.25, -0.2) is 4.79 Å². The molecule has 1 unspecified atom stereocenters. The Bertz CT molecular complexity index is 948. The number of nitrogens with one attached hydrogen (secondary N) is 2. The zero-order valence-electron chi connectivity index (χ0n) is 17.0. The number of alkyl halides is 2. The molecule has 0 saturated heterocycles. The van der Waals surface area contributed by atoms with E-state index in [1.807, 2.05) is 6.26 Å². The standard InChI is InChI=1S/C21H21ClF2N2O5S/c1-32-11-10-16(26-19(28)13-6-2-3-7-14(13)22)20(29)30-12-18(27)25-15-8-4-5-9-17(15)31-21(23)24/h2-9,16,21H,10-12H2,1H3,(H,25,27)(H,26,28). The molecular formula is C21H21ClF2N2O5S. The molecule has 0 bridgehead atoms. The van der Waals surface area contributed by atoms with Crippen LogP contribution in [-0.4, -0.2) is 49.1 Å². The van der Waals surface area contributed by atoms with Gasteiger partial charge in [-0.1, -0.05) is 35.9 Å². The van der Waals surface area contributed by atoms with Gasteiger partial charge in [-0.3, -0.25) is 9.59 Å². The lowest BCUT2D eigenvalue weighted by molar-refractivity contribution is -0.149. The van der Waals surface area contributed by atoms with E-state index in [9.17, 15) is 23.2 Å². The Balaban J connectivity index is 1.97. The highest BCUT2D eigenvalue weighted by Crippen LogP contribution is 2.25. The lowest BCUT2D eigenvalue weighted by Crippen LogP contribution is -2.43. The van der Waals surface area contributed by atoms with E-state index in [-0.39, 0.29) is 28.4 Å². The Morgan fingerprint density at radius 3 is 2.47 bits per heavy atom. The van der Waals surface area contributed by atoms with Gasteiger partial charge in [0, 0.05) is 0 Å². The summed E-state index contributed by atoms with van der Waals surface area (Å²) in [5.74, 6) is -1.81. The first-order chi connectivity index (χ1) is 15.3. The van der Waals surface area contributed by atoms with Crippen molar-refractivity contribution in [1.29, 1.82) is 0 Å². The Kier molecular flexibility index (Phi) is 10.2. The Labute approximate surface area is 192 Å². The average Bonchev–Trinajstić information content (AvgIpc) is 2.76. The predicted octanol–water partition coefficient (Wildman–Crippen LogP) is 3.97. The molecule has 2 aromatic rings. The summed E-state index contributed by atoms with van der Waals surface area (Å²) >= 11 is 7.49. The van der Waals surface area contributed by atoms with E-state index >= 15 is 0 Å². The van der Waals surface area contributed by atoms with Gasteiger partial charge in [0.1, 0.15) is 11.8 Å². The Morgan fingerprint density at radius 1 is 1.09 bits per heavy atom. The van der Waals surface area contributed by atoms with Gasteiger partial charge < -0.3 is 20.1 Å². The number of benzene rings is 2. The first-order valence-electron chi connectivity index (χ1n) is 9.36. The summed E-state index contributed by atoms with van der Waals surface area (Å²) in [6, 6.07) is 11.0. The summed E-state index contributed by atoms with van der Waals surface area (Å²) in [6.45, 7) is -3.75. The highest BCUT2D eigenvalue weighted by molar-refractivity contribution is 7.98. The minimum absolute atomic E-state index is 0.000181. The molecule has 32 heavy (non-hydrogen) atoms. The summed E-state index contributed by atoms with van der Waals surface area (Å²) in [5.41, 5.74) is 0.198. The Morgan fingerprint density at radius 2 is 1.78 bits per heavy atom. The molecule has 0 aliphatic carbocycles. The fourth-order valence-corrected chi connectivity index (χ4v) is 3.25. The van der Waals surface area contributed by atoms with Crippen LogP contribution in [0.4, 0.5) is 14.5 Å². The first-order valence-corrected chi connectivity index (χ1v) is 11.1. The molecule has 11 heteroatoms. The molecule has 0 radical (unpaired) electrons. The Hall–Kier alpha value is -2.85. The maximum absolute atomic E-state index is 12.5. The van der Waals surface area contributed by atoms with Crippen LogP contribution in [0, 0.1) is 0 Å². The summed E-state index contributed by atoms with van der Waals surface area (Å²) in [4.78, 5) is 37.1. The van der Waals surface area contributed by atoms with Gasteiger partial charge in [0.15, 0.2) is 6.61 Å². The zero-order valence-corrected chi connectivity index (χ0v) is 18.6. The lowest BCUT2D eigenvalue weighted by atomic mass is 10.1. The number of para-hydroxylation sites is 2. The van der Waals surface area contributed by atoms with Crippen molar-refractivity contribution in [3.8, 4) is 5.75 Å². The maximum atomic E-state index is 12.5. The van der Waals surface area contributed by atoms with Crippen LogP contribution in [0.1, 0.15) is 16.8 Å². The molecule has 2 rings (SSSR count). The van der Waals surface area contributed by atoms with Crippen molar-refractivity contribution in [2.24, 2.45) is 0 Å². The fraction of sp³-hybridized carbons (Fsp3) is 0.286. The SMILES string of the molecule is CSCCC(NC(=O)c1ccccc1Cl)C(=O)OCC(=O)Nc1ccccc1OC(F)F. The van der Waals surface area contributed by atoms with Crippen molar-refractivity contribution in [3.05, 3.63) is 59.1 Å². The number of hydrogen-bond donors (Lipinski definition) is 2. The van der Waals surface area contributed by atoms with Crippen LogP contribution in [-0.2, 0) is 14.3 Å². The van der Waals surface area contributed by atoms with Crippen molar-refractivity contribution in [2.75, 3.05) is 23.9 Å². The number of esters is 1. The largest absolute Gasteiger partial charge is 0.454 e. The molecule has 0 fully saturated rings. The average molecular weight is 487 g/mol. The lowest BCUT2D eigenvalue weighted by Gasteiger charge is -2.18. The fourth-order valence-electron chi connectivity index (χ4n) is 2.56. The molecule has 0 aromatic heterocycles. The molecule has 0 heterocycles. The van der Waals surface area contributed by atoms with Crippen LogP contribution in [0.25, 0.3) is 0 Å². The summed E-state index contributed by atoms with van der Waals surface area (Å²) in [5, 5.41) is 5.14. The van der Waals surface area contributed by atoms with Gasteiger partial charge in [-0.2, -0.15) is 20.5 Å². The van der Waals surface area contributed by atoms with Gasteiger partial charge in [-0.05, 0) is 42.7 Å². The van der Waals surface area contributed by atoms with E-state index in [2.05, 4.69) is 15.4 Å². The van der Waals surface area contributed by atoms with E-state index < -0.39 is 37.0 Å². The summed E-state index contributed by atoms with van der Waals surface area (Å²) in [7, 11) is 0. The molecular weight excluding hydrogens is 466 g/mol. The van der Waals surface area contributed by atoms with Crippen LogP contribution < -0.4 is 15.4 Å². The van der Waals surface area contributed by atoms with Crippen LogP contribution >= 0.6 is 23.4 Å². The molecule has 2 amide bonds. The minimum atomic E-state index is -3.06. The van der Waals surface area contributed by atoms with Gasteiger partial charge in [0.05, 0.1) is 16.3 Å². The van der Waals surface area contributed by atoms with E-state index in [0.717, 1.165) is 0 Å². The summed E-state index contributed by atoms with van der Waals surface area (Å²) in [6.07, 6.45) is 2.10. The van der Waals surface area contributed by atoms with Crippen molar-refractivity contribution >= 4 is 46.8 Å². The molecule has 172 valence electrons. The maximum Gasteiger partial charge on any atom is 0.387 e. The van der Waals surface area contributed by atoms with E-state index in [1.54, 1.807) is 18.2 Å². The van der Waals surface area contributed by atoms with Gasteiger partial charge in [-0.15, -0.1) is 0 Å². The van der Waals surface area contributed by atoms with E-state index in [1.165, 1.54) is 42.1 Å².